The Hall–Kier alpha value is -1.14. The van der Waals surface area contributed by atoms with Gasteiger partial charge >= 0.3 is 0 Å². The Balaban J connectivity index is 3.10. The van der Waals surface area contributed by atoms with E-state index in [0.717, 1.165) is 11.3 Å². The maximum atomic E-state index is 10.8. The van der Waals surface area contributed by atoms with Crippen molar-refractivity contribution in [3.63, 3.8) is 0 Å². The van der Waals surface area contributed by atoms with E-state index in [1.54, 1.807) is 6.07 Å². The lowest BCUT2D eigenvalue weighted by Gasteiger charge is -1.94. The first kappa shape index (κ1) is 8.95. The van der Waals surface area contributed by atoms with Gasteiger partial charge in [-0.25, -0.2) is 0 Å². The molecule has 0 atom stereocenters. The molecule has 0 fully saturated rings. The average molecular weight is 179 g/mol. The fourth-order valence-corrected chi connectivity index (χ4v) is 0.927. The smallest absolute Gasteiger partial charge is 0.248 e. The lowest BCUT2D eigenvalue weighted by atomic mass is 10.2. The van der Waals surface area contributed by atoms with Gasteiger partial charge in [-0.1, -0.05) is 11.8 Å². The van der Waals surface area contributed by atoms with Crippen molar-refractivity contribution in [1.82, 2.24) is 4.98 Å². The number of aromatic amines is 1. The highest BCUT2D eigenvalue weighted by atomic mass is 32.1. The monoisotopic (exact) mass is 179 g/mol. The lowest BCUT2D eigenvalue weighted by molar-refractivity contribution is 1.13. The molecular formula is C9H9NOS. The molecule has 62 valence electrons. The van der Waals surface area contributed by atoms with Crippen LogP contribution in [-0.2, 0) is 0 Å². The summed E-state index contributed by atoms with van der Waals surface area (Å²) in [7, 11) is 0. The third kappa shape index (κ3) is 2.18. The molecule has 1 aromatic heterocycles. The van der Waals surface area contributed by atoms with Crippen LogP contribution in [0.2, 0.25) is 0 Å². The summed E-state index contributed by atoms with van der Waals surface area (Å²) < 4.78 is 0. The molecular weight excluding hydrogens is 170 g/mol. The van der Waals surface area contributed by atoms with Crippen molar-refractivity contribution in [2.45, 2.75) is 6.92 Å². The summed E-state index contributed by atoms with van der Waals surface area (Å²) in [6, 6.07) is 3.18. The Morgan fingerprint density at radius 2 is 2.33 bits per heavy atom. The minimum Gasteiger partial charge on any atom is -0.325 e. The maximum absolute atomic E-state index is 10.8. The molecule has 0 aromatic carbocycles. The van der Waals surface area contributed by atoms with Crippen molar-refractivity contribution in [3.8, 4) is 11.8 Å². The molecule has 12 heavy (non-hydrogen) atoms. The lowest BCUT2D eigenvalue weighted by Crippen LogP contribution is -2.05. The zero-order chi connectivity index (χ0) is 8.97. The Bertz CT molecular complexity index is 383. The molecule has 0 aliphatic rings. The highest BCUT2D eigenvalue weighted by molar-refractivity contribution is 7.80. The van der Waals surface area contributed by atoms with E-state index < -0.39 is 0 Å². The first-order chi connectivity index (χ1) is 5.74. The van der Waals surface area contributed by atoms with Gasteiger partial charge in [-0.15, -0.1) is 0 Å². The molecule has 0 saturated heterocycles. The second kappa shape index (κ2) is 4.03. The topological polar surface area (TPSA) is 32.9 Å². The largest absolute Gasteiger partial charge is 0.325 e. The van der Waals surface area contributed by atoms with Crippen molar-refractivity contribution in [3.05, 3.63) is 33.7 Å². The van der Waals surface area contributed by atoms with Gasteiger partial charge < -0.3 is 4.98 Å². The summed E-state index contributed by atoms with van der Waals surface area (Å²) in [5, 5.41) is 0. The molecule has 0 bridgehead atoms. The Kier molecular flexibility index (Phi) is 3.01. The van der Waals surface area contributed by atoms with E-state index in [1.807, 2.05) is 6.92 Å². The van der Waals surface area contributed by atoms with Crippen LogP contribution in [0.25, 0.3) is 0 Å². The predicted octanol–water partition coefficient (Wildman–Crippen LogP) is 0.965. The molecule has 0 aliphatic heterocycles. The van der Waals surface area contributed by atoms with Gasteiger partial charge in [0.25, 0.3) is 0 Å². The van der Waals surface area contributed by atoms with Crippen LogP contribution in [0.5, 0.6) is 0 Å². The van der Waals surface area contributed by atoms with Crippen molar-refractivity contribution >= 4 is 12.6 Å². The van der Waals surface area contributed by atoms with E-state index >= 15 is 0 Å². The number of rotatable bonds is 0. The number of thiol groups is 1. The van der Waals surface area contributed by atoms with Gasteiger partial charge in [0.1, 0.15) is 0 Å². The van der Waals surface area contributed by atoms with Crippen LogP contribution in [-0.4, -0.2) is 10.7 Å². The molecule has 3 heteroatoms. The van der Waals surface area contributed by atoms with Gasteiger partial charge in [0.15, 0.2) is 0 Å². The molecule has 0 spiro atoms. The molecule has 0 aliphatic carbocycles. The molecule has 2 nitrogen and oxygen atoms in total. The highest BCUT2D eigenvalue weighted by Gasteiger charge is 1.92. The van der Waals surface area contributed by atoms with Crippen molar-refractivity contribution < 1.29 is 0 Å². The molecule has 1 heterocycles. The van der Waals surface area contributed by atoms with Crippen molar-refractivity contribution in [2.24, 2.45) is 0 Å². The first-order valence-corrected chi connectivity index (χ1v) is 4.17. The summed E-state index contributed by atoms with van der Waals surface area (Å²) in [4.78, 5) is 13.5. The number of pyridine rings is 1. The van der Waals surface area contributed by atoms with E-state index in [4.69, 9.17) is 0 Å². The summed E-state index contributed by atoms with van der Waals surface area (Å²) in [6.07, 6.45) is 0. The molecule has 0 saturated carbocycles. The summed E-state index contributed by atoms with van der Waals surface area (Å²) >= 11 is 3.96. The van der Waals surface area contributed by atoms with E-state index in [-0.39, 0.29) is 5.56 Å². The third-order valence-electron chi connectivity index (χ3n) is 1.42. The fourth-order valence-electron chi connectivity index (χ4n) is 0.848. The zero-order valence-corrected chi connectivity index (χ0v) is 7.61. The van der Waals surface area contributed by atoms with E-state index in [9.17, 15) is 4.79 Å². The number of hydrogen-bond donors (Lipinski definition) is 2. The Morgan fingerprint density at radius 1 is 1.58 bits per heavy atom. The fraction of sp³-hybridized carbons (Fsp3) is 0.222. The van der Waals surface area contributed by atoms with Gasteiger partial charge in [0, 0.05) is 17.3 Å². The van der Waals surface area contributed by atoms with Gasteiger partial charge in [0.2, 0.25) is 5.56 Å². The second-order valence-electron chi connectivity index (χ2n) is 2.32. The summed E-state index contributed by atoms with van der Waals surface area (Å²) in [5.74, 6) is 6.24. The minimum atomic E-state index is -0.0936. The van der Waals surface area contributed by atoms with Crippen LogP contribution in [0.15, 0.2) is 16.9 Å². The normalized spacial score (nSPS) is 8.83. The number of aryl methyl sites for hydroxylation is 1. The number of aromatic nitrogens is 1. The second-order valence-corrected chi connectivity index (χ2v) is 2.64. The average Bonchev–Trinajstić information content (AvgIpc) is 2.03. The van der Waals surface area contributed by atoms with E-state index in [1.165, 1.54) is 6.07 Å². The van der Waals surface area contributed by atoms with Gasteiger partial charge in [0.05, 0.1) is 5.75 Å². The van der Waals surface area contributed by atoms with Gasteiger partial charge in [-0.3, -0.25) is 4.79 Å². The number of nitrogens with one attached hydrogen (secondary N) is 1. The summed E-state index contributed by atoms with van der Waals surface area (Å²) in [6.45, 7) is 1.82. The van der Waals surface area contributed by atoms with Crippen LogP contribution < -0.4 is 5.56 Å². The maximum Gasteiger partial charge on any atom is 0.248 e. The molecule has 1 rings (SSSR count). The minimum absolute atomic E-state index is 0.0936. The van der Waals surface area contributed by atoms with Crippen LogP contribution >= 0.6 is 12.6 Å². The van der Waals surface area contributed by atoms with Crippen LogP contribution in [0.3, 0.4) is 0 Å². The number of hydrogen-bond acceptors (Lipinski definition) is 2. The van der Waals surface area contributed by atoms with Crippen LogP contribution in [0.1, 0.15) is 11.3 Å². The predicted molar refractivity (Wildman–Crippen MR) is 52.5 cm³/mol. The van der Waals surface area contributed by atoms with Crippen LogP contribution in [0, 0.1) is 18.8 Å². The number of H-pyrrole nitrogens is 1. The van der Waals surface area contributed by atoms with Crippen molar-refractivity contribution in [2.75, 3.05) is 5.75 Å². The molecule has 1 N–H and O–H groups in total. The van der Waals surface area contributed by atoms with E-state index in [0.29, 0.717) is 5.75 Å². The van der Waals surface area contributed by atoms with Crippen LogP contribution in [0.4, 0.5) is 0 Å². The summed E-state index contributed by atoms with van der Waals surface area (Å²) in [5.41, 5.74) is 1.56. The Labute approximate surface area is 76.4 Å². The Morgan fingerprint density at radius 3 is 2.92 bits per heavy atom. The zero-order valence-electron chi connectivity index (χ0n) is 6.72. The quantitative estimate of drug-likeness (QED) is 0.451. The van der Waals surface area contributed by atoms with Gasteiger partial charge in [-0.2, -0.15) is 12.6 Å². The van der Waals surface area contributed by atoms with E-state index in [2.05, 4.69) is 29.5 Å². The SMILES string of the molecule is Cc1[nH]c(=O)ccc1C#CCS. The molecule has 0 amide bonds. The molecule has 0 unspecified atom stereocenters. The highest BCUT2D eigenvalue weighted by Crippen LogP contribution is 1.97. The third-order valence-corrected chi connectivity index (χ3v) is 1.58. The van der Waals surface area contributed by atoms with Gasteiger partial charge in [-0.05, 0) is 13.0 Å². The molecule has 1 aromatic rings. The van der Waals surface area contributed by atoms with Crippen molar-refractivity contribution in [1.29, 1.82) is 0 Å². The standard InChI is InChI=1S/C9H9NOS/c1-7-8(3-2-6-12)4-5-9(11)10-7/h4-5,12H,6H2,1H3,(H,10,11). The first-order valence-electron chi connectivity index (χ1n) is 3.53. The molecule has 0 radical (unpaired) electrons.